The van der Waals surface area contributed by atoms with Gasteiger partial charge in [0.1, 0.15) is 12.4 Å². The summed E-state index contributed by atoms with van der Waals surface area (Å²) in [6.45, 7) is 1.37. The highest BCUT2D eigenvalue weighted by molar-refractivity contribution is 7.80. The lowest BCUT2D eigenvalue weighted by Gasteiger charge is -2.21. The van der Waals surface area contributed by atoms with Gasteiger partial charge in [0.2, 0.25) is 0 Å². The van der Waals surface area contributed by atoms with Gasteiger partial charge in [-0.2, -0.15) is 0 Å². The normalized spacial score (nSPS) is 14.1. The number of hydrogen-bond acceptors (Lipinski definition) is 2. The van der Waals surface area contributed by atoms with Gasteiger partial charge < -0.3 is 15.0 Å². The van der Waals surface area contributed by atoms with Gasteiger partial charge in [-0.05, 0) is 49.3 Å². The Hall–Kier alpha value is -1.00. The van der Waals surface area contributed by atoms with Crippen LogP contribution in [0.4, 0.5) is 0 Å². The molecule has 98 valence electrons. The highest BCUT2D eigenvalue weighted by Crippen LogP contribution is 2.19. The quantitative estimate of drug-likeness (QED) is 0.841. The fraction of sp³-hybridized carbons (Fsp3) is 0.462. The number of thiocarbonyl (C=S) groups is 1. The van der Waals surface area contributed by atoms with Crippen LogP contribution in [0.25, 0.3) is 0 Å². The van der Waals surface area contributed by atoms with E-state index in [1.165, 1.54) is 12.8 Å². The Morgan fingerprint density at radius 3 is 2.72 bits per heavy atom. The third-order valence-corrected chi connectivity index (χ3v) is 3.44. The van der Waals surface area contributed by atoms with Crippen molar-refractivity contribution in [3.8, 4) is 5.75 Å². The summed E-state index contributed by atoms with van der Waals surface area (Å²) in [5.41, 5.74) is 0. The number of benzene rings is 1. The second-order valence-electron chi connectivity index (χ2n) is 4.45. The molecule has 0 bridgehead atoms. The SMILES string of the molecule is CN(CCOc1ccc(Cl)cc1)C(=S)NC1CC1. The lowest BCUT2D eigenvalue weighted by Crippen LogP contribution is -2.40. The predicted octanol–water partition coefficient (Wildman–Crippen LogP) is 2.69. The standard InChI is InChI=1S/C13H17ClN2OS/c1-16(13(18)15-11-4-5-11)8-9-17-12-6-2-10(14)3-7-12/h2-3,6-7,11H,4-5,8-9H2,1H3,(H,15,18). The largest absolute Gasteiger partial charge is 0.492 e. The molecule has 1 fully saturated rings. The topological polar surface area (TPSA) is 24.5 Å². The van der Waals surface area contributed by atoms with Gasteiger partial charge in [0, 0.05) is 18.1 Å². The van der Waals surface area contributed by atoms with Gasteiger partial charge in [-0.15, -0.1) is 0 Å². The summed E-state index contributed by atoms with van der Waals surface area (Å²) in [5, 5.41) is 4.81. The Labute approximate surface area is 118 Å². The van der Waals surface area contributed by atoms with Crippen LogP contribution in [0.1, 0.15) is 12.8 Å². The van der Waals surface area contributed by atoms with Crippen LogP contribution in [0.2, 0.25) is 5.02 Å². The molecule has 0 radical (unpaired) electrons. The number of likely N-dealkylation sites (N-methyl/N-ethyl adjacent to an activating group) is 1. The Morgan fingerprint density at radius 1 is 1.44 bits per heavy atom. The molecule has 0 atom stereocenters. The number of rotatable bonds is 5. The maximum absolute atomic E-state index is 5.80. The smallest absolute Gasteiger partial charge is 0.169 e. The number of nitrogens with zero attached hydrogens (tertiary/aromatic N) is 1. The van der Waals surface area contributed by atoms with Gasteiger partial charge >= 0.3 is 0 Å². The first kappa shape index (κ1) is 13.4. The molecular weight excluding hydrogens is 268 g/mol. The van der Waals surface area contributed by atoms with Crippen LogP contribution in [0.5, 0.6) is 5.75 Å². The zero-order valence-electron chi connectivity index (χ0n) is 10.4. The van der Waals surface area contributed by atoms with E-state index in [1.54, 1.807) is 0 Å². The molecule has 5 heteroatoms. The molecule has 0 spiro atoms. The monoisotopic (exact) mass is 284 g/mol. The molecule has 1 aliphatic rings. The van der Waals surface area contributed by atoms with E-state index in [0.29, 0.717) is 17.7 Å². The first-order valence-corrected chi connectivity index (χ1v) is 6.84. The molecule has 2 rings (SSSR count). The molecule has 1 aliphatic carbocycles. The van der Waals surface area contributed by atoms with Crippen molar-refractivity contribution in [2.45, 2.75) is 18.9 Å². The minimum Gasteiger partial charge on any atom is -0.492 e. The van der Waals surface area contributed by atoms with E-state index in [0.717, 1.165) is 17.4 Å². The van der Waals surface area contributed by atoms with E-state index in [9.17, 15) is 0 Å². The molecule has 3 nitrogen and oxygen atoms in total. The zero-order chi connectivity index (χ0) is 13.0. The van der Waals surface area contributed by atoms with Crippen molar-refractivity contribution in [3.05, 3.63) is 29.3 Å². The van der Waals surface area contributed by atoms with Crippen LogP contribution in [-0.4, -0.2) is 36.3 Å². The average molecular weight is 285 g/mol. The van der Waals surface area contributed by atoms with Crippen molar-refractivity contribution >= 4 is 28.9 Å². The molecule has 0 saturated heterocycles. The molecule has 1 N–H and O–H groups in total. The Bertz CT molecular complexity index is 406. The van der Waals surface area contributed by atoms with Gasteiger partial charge in [0.15, 0.2) is 5.11 Å². The second kappa shape index (κ2) is 6.25. The molecule has 0 aromatic heterocycles. The zero-order valence-corrected chi connectivity index (χ0v) is 11.9. The van der Waals surface area contributed by atoms with Gasteiger partial charge in [-0.3, -0.25) is 0 Å². The molecule has 0 heterocycles. The minimum atomic E-state index is 0.595. The summed E-state index contributed by atoms with van der Waals surface area (Å²) in [7, 11) is 1.98. The molecule has 1 aromatic carbocycles. The summed E-state index contributed by atoms with van der Waals surface area (Å²) in [6.07, 6.45) is 2.46. The third-order valence-electron chi connectivity index (χ3n) is 2.76. The Kier molecular flexibility index (Phi) is 4.66. The van der Waals surface area contributed by atoms with E-state index < -0.39 is 0 Å². The van der Waals surface area contributed by atoms with Crippen LogP contribution in [0.15, 0.2) is 24.3 Å². The van der Waals surface area contributed by atoms with E-state index in [1.807, 2.05) is 36.2 Å². The minimum absolute atomic E-state index is 0.595. The van der Waals surface area contributed by atoms with Gasteiger partial charge in [-0.25, -0.2) is 0 Å². The lowest BCUT2D eigenvalue weighted by atomic mass is 10.3. The van der Waals surface area contributed by atoms with E-state index in [-0.39, 0.29) is 0 Å². The molecule has 0 unspecified atom stereocenters. The molecular formula is C13H17ClN2OS. The second-order valence-corrected chi connectivity index (χ2v) is 5.27. The molecule has 1 aromatic rings. The maximum Gasteiger partial charge on any atom is 0.169 e. The van der Waals surface area contributed by atoms with Crippen molar-refractivity contribution in [3.63, 3.8) is 0 Å². The highest BCUT2D eigenvalue weighted by atomic mass is 35.5. The number of halogens is 1. The summed E-state index contributed by atoms with van der Waals surface area (Å²) in [4.78, 5) is 2.00. The van der Waals surface area contributed by atoms with Gasteiger partial charge in [0.05, 0.1) is 6.54 Å². The third kappa shape index (κ3) is 4.35. The number of nitrogens with one attached hydrogen (secondary N) is 1. The van der Waals surface area contributed by atoms with Crippen LogP contribution in [0.3, 0.4) is 0 Å². The summed E-state index contributed by atoms with van der Waals surface area (Å²) in [6, 6.07) is 7.96. The molecule has 1 saturated carbocycles. The summed E-state index contributed by atoms with van der Waals surface area (Å²) < 4.78 is 5.61. The number of ether oxygens (including phenoxy) is 1. The van der Waals surface area contributed by atoms with Crippen molar-refractivity contribution < 1.29 is 4.74 Å². The first-order valence-electron chi connectivity index (χ1n) is 6.05. The van der Waals surface area contributed by atoms with Gasteiger partial charge in [-0.1, -0.05) is 11.6 Å². The molecule has 0 amide bonds. The number of hydrogen-bond donors (Lipinski definition) is 1. The van der Waals surface area contributed by atoms with Crippen molar-refractivity contribution in [1.82, 2.24) is 10.2 Å². The average Bonchev–Trinajstić information content (AvgIpc) is 3.15. The van der Waals surface area contributed by atoms with Gasteiger partial charge in [0.25, 0.3) is 0 Å². The fourth-order valence-corrected chi connectivity index (χ4v) is 1.83. The Balaban J connectivity index is 1.67. The van der Waals surface area contributed by atoms with Crippen molar-refractivity contribution in [2.75, 3.05) is 20.2 Å². The molecule has 0 aliphatic heterocycles. The maximum atomic E-state index is 5.80. The highest BCUT2D eigenvalue weighted by Gasteiger charge is 2.22. The van der Waals surface area contributed by atoms with E-state index >= 15 is 0 Å². The van der Waals surface area contributed by atoms with E-state index in [4.69, 9.17) is 28.6 Å². The molecule has 18 heavy (non-hydrogen) atoms. The van der Waals surface area contributed by atoms with Crippen LogP contribution < -0.4 is 10.1 Å². The van der Waals surface area contributed by atoms with Crippen LogP contribution in [0, 0.1) is 0 Å². The summed E-state index contributed by atoms with van der Waals surface area (Å²) in [5.74, 6) is 0.828. The summed E-state index contributed by atoms with van der Waals surface area (Å²) >= 11 is 11.1. The van der Waals surface area contributed by atoms with Crippen LogP contribution in [-0.2, 0) is 0 Å². The first-order chi connectivity index (χ1) is 8.65. The van der Waals surface area contributed by atoms with Crippen LogP contribution >= 0.6 is 23.8 Å². The Morgan fingerprint density at radius 2 is 2.11 bits per heavy atom. The van der Waals surface area contributed by atoms with E-state index in [2.05, 4.69) is 5.32 Å². The fourth-order valence-electron chi connectivity index (χ4n) is 1.45. The van der Waals surface area contributed by atoms with Crippen molar-refractivity contribution in [2.24, 2.45) is 0 Å². The lowest BCUT2D eigenvalue weighted by molar-refractivity contribution is 0.283. The predicted molar refractivity (Wildman–Crippen MR) is 78.3 cm³/mol. The van der Waals surface area contributed by atoms with Crippen molar-refractivity contribution in [1.29, 1.82) is 0 Å².